The first-order valence-electron chi connectivity index (χ1n) is 7.20. The lowest BCUT2D eigenvalue weighted by Gasteiger charge is -2.17. The fraction of sp³-hybridized carbons (Fsp3) is 0.714. The van der Waals surface area contributed by atoms with Crippen LogP contribution in [0, 0.1) is 6.92 Å². The number of aryl methyl sites for hydroxylation is 1. The molecule has 0 aliphatic heterocycles. The minimum absolute atomic E-state index is 0.561. The highest BCUT2D eigenvalue weighted by atomic mass is 32.2. The summed E-state index contributed by atoms with van der Waals surface area (Å²) in [4.78, 5) is 4.30. The molecule has 2 rings (SSSR count). The molecule has 1 heterocycles. The summed E-state index contributed by atoms with van der Waals surface area (Å²) in [5, 5.41) is 12.0. The molecule has 6 heteroatoms. The van der Waals surface area contributed by atoms with Gasteiger partial charge in [-0.2, -0.15) is 16.9 Å². The zero-order valence-electron chi connectivity index (χ0n) is 12.6. The van der Waals surface area contributed by atoms with E-state index in [0.717, 1.165) is 24.3 Å². The van der Waals surface area contributed by atoms with Crippen molar-refractivity contribution in [1.82, 2.24) is 20.4 Å². The predicted octanol–water partition coefficient (Wildman–Crippen LogP) is 1.64. The van der Waals surface area contributed by atoms with Crippen LogP contribution in [0.5, 0.6) is 0 Å². The van der Waals surface area contributed by atoms with Crippen molar-refractivity contribution >= 4 is 17.7 Å². The summed E-state index contributed by atoms with van der Waals surface area (Å²) < 4.78 is 1.95. The molecule has 1 aromatic rings. The van der Waals surface area contributed by atoms with E-state index < -0.39 is 0 Å². The van der Waals surface area contributed by atoms with Crippen LogP contribution in [0.15, 0.2) is 17.4 Å². The predicted molar refractivity (Wildman–Crippen MR) is 86.4 cm³/mol. The third-order valence-electron chi connectivity index (χ3n) is 3.68. The first kappa shape index (κ1) is 15.2. The van der Waals surface area contributed by atoms with Crippen molar-refractivity contribution in [3.63, 3.8) is 0 Å². The van der Waals surface area contributed by atoms with E-state index in [9.17, 15) is 0 Å². The molecule has 0 aromatic carbocycles. The van der Waals surface area contributed by atoms with E-state index in [-0.39, 0.29) is 0 Å². The average molecular weight is 295 g/mol. The second kappa shape index (κ2) is 7.57. The van der Waals surface area contributed by atoms with Gasteiger partial charge in [-0.3, -0.25) is 9.67 Å². The van der Waals surface area contributed by atoms with Crippen molar-refractivity contribution in [2.24, 2.45) is 4.99 Å². The molecule has 0 radical (unpaired) electrons. The summed E-state index contributed by atoms with van der Waals surface area (Å²) in [6.45, 7) is 3.74. The zero-order chi connectivity index (χ0) is 14.4. The molecule has 5 nitrogen and oxygen atoms in total. The van der Waals surface area contributed by atoms with Crippen molar-refractivity contribution < 1.29 is 0 Å². The number of hydrogen-bond donors (Lipinski definition) is 2. The molecule has 112 valence electrons. The Morgan fingerprint density at radius 3 is 3.00 bits per heavy atom. The highest BCUT2D eigenvalue weighted by Gasteiger charge is 2.24. The molecule has 1 aliphatic carbocycles. The Bertz CT molecular complexity index is 443. The van der Waals surface area contributed by atoms with Crippen LogP contribution < -0.4 is 10.6 Å². The summed E-state index contributed by atoms with van der Waals surface area (Å²) in [6.07, 6.45) is 9.92. The number of nitrogens with one attached hydrogen (secondary N) is 2. The highest BCUT2D eigenvalue weighted by Crippen LogP contribution is 2.27. The maximum Gasteiger partial charge on any atom is 0.191 e. The number of thioether (sulfide) groups is 1. The molecule has 0 bridgehead atoms. The van der Waals surface area contributed by atoms with E-state index in [1.54, 1.807) is 0 Å². The van der Waals surface area contributed by atoms with E-state index in [1.807, 2.05) is 29.7 Å². The van der Waals surface area contributed by atoms with Crippen molar-refractivity contribution in [1.29, 1.82) is 0 Å². The smallest absolute Gasteiger partial charge is 0.191 e. The van der Waals surface area contributed by atoms with Gasteiger partial charge in [-0.15, -0.1) is 0 Å². The average Bonchev–Trinajstić information content (AvgIpc) is 3.06. The number of rotatable bonds is 5. The van der Waals surface area contributed by atoms with Crippen LogP contribution in [0.2, 0.25) is 0 Å². The van der Waals surface area contributed by atoms with E-state index in [4.69, 9.17) is 0 Å². The Morgan fingerprint density at radius 2 is 2.40 bits per heavy atom. The zero-order valence-corrected chi connectivity index (χ0v) is 13.4. The van der Waals surface area contributed by atoms with Gasteiger partial charge in [0.15, 0.2) is 5.96 Å². The van der Waals surface area contributed by atoms with Gasteiger partial charge < -0.3 is 10.6 Å². The third kappa shape index (κ3) is 4.44. The number of guanidine groups is 1. The van der Waals surface area contributed by atoms with E-state index in [1.165, 1.54) is 24.8 Å². The lowest BCUT2D eigenvalue weighted by molar-refractivity contribution is 0.579. The minimum Gasteiger partial charge on any atom is -0.355 e. The monoisotopic (exact) mass is 295 g/mol. The van der Waals surface area contributed by atoms with Gasteiger partial charge in [-0.25, -0.2) is 0 Å². The molecule has 1 saturated carbocycles. The lowest BCUT2D eigenvalue weighted by Crippen LogP contribution is -2.43. The van der Waals surface area contributed by atoms with E-state index in [0.29, 0.717) is 6.04 Å². The lowest BCUT2D eigenvalue weighted by atomic mass is 10.2. The standard InChI is InChI=1S/C14H25N5S/c1-11-9-17-19(10-11)7-6-16-14(15-2)18-12-4-5-13(8-12)20-3/h9-10,12-13H,4-8H2,1-3H3,(H2,15,16,18). The van der Waals surface area contributed by atoms with Crippen LogP contribution >= 0.6 is 11.8 Å². The Kier molecular flexibility index (Phi) is 5.76. The van der Waals surface area contributed by atoms with Gasteiger partial charge in [0.2, 0.25) is 0 Å². The molecular formula is C14H25N5S. The third-order valence-corrected chi connectivity index (χ3v) is 4.77. The maximum absolute atomic E-state index is 4.30. The molecule has 1 fully saturated rings. The Balaban J connectivity index is 1.70. The van der Waals surface area contributed by atoms with Crippen LogP contribution in [-0.4, -0.2) is 46.9 Å². The fourth-order valence-electron chi connectivity index (χ4n) is 2.55. The molecule has 2 unspecified atom stereocenters. The molecule has 2 atom stereocenters. The number of nitrogens with zero attached hydrogens (tertiary/aromatic N) is 3. The number of hydrogen-bond acceptors (Lipinski definition) is 3. The quantitative estimate of drug-likeness (QED) is 0.640. The molecule has 1 aromatic heterocycles. The van der Waals surface area contributed by atoms with Gasteiger partial charge in [-0.1, -0.05) is 0 Å². The van der Waals surface area contributed by atoms with Crippen LogP contribution in [0.25, 0.3) is 0 Å². The molecule has 0 spiro atoms. The number of aliphatic imine (C=N–C) groups is 1. The topological polar surface area (TPSA) is 54.2 Å². The SMILES string of the molecule is CN=C(NCCn1cc(C)cn1)NC1CCC(SC)C1. The summed E-state index contributed by atoms with van der Waals surface area (Å²) in [5.41, 5.74) is 1.20. The van der Waals surface area contributed by atoms with Crippen LogP contribution in [0.4, 0.5) is 0 Å². The highest BCUT2D eigenvalue weighted by molar-refractivity contribution is 7.99. The minimum atomic E-state index is 0.561. The summed E-state index contributed by atoms with van der Waals surface area (Å²) in [7, 11) is 1.83. The van der Waals surface area contributed by atoms with Crippen molar-refractivity contribution in [3.8, 4) is 0 Å². The van der Waals surface area contributed by atoms with Gasteiger partial charge in [0.25, 0.3) is 0 Å². The molecular weight excluding hydrogens is 270 g/mol. The molecule has 2 N–H and O–H groups in total. The first-order chi connectivity index (χ1) is 9.71. The van der Waals surface area contributed by atoms with Crippen molar-refractivity contribution in [3.05, 3.63) is 18.0 Å². The molecule has 0 amide bonds. The maximum atomic E-state index is 4.30. The summed E-state index contributed by atoms with van der Waals surface area (Å²) in [6, 6.07) is 0.561. The van der Waals surface area contributed by atoms with Crippen LogP contribution in [0.1, 0.15) is 24.8 Å². The summed E-state index contributed by atoms with van der Waals surface area (Å²) >= 11 is 1.98. The molecule has 1 aliphatic rings. The van der Waals surface area contributed by atoms with Crippen LogP contribution in [0.3, 0.4) is 0 Å². The van der Waals surface area contributed by atoms with E-state index in [2.05, 4.69) is 40.1 Å². The molecule has 20 heavy (non-hydrogen) atoms. The first-order valence-corrected chi connectivity index (χ1v) is 8.49. The molecule has 0 saturated heterocycles. The normalized spacial score (nSPS) is 23.1. The second-order valence-electron chi connectivity index (χ2n) is 5.29. The second-order valence-corrected chi connectivity index (χ2v) is 6.43. The fourth-order valence-corrected chi connectivity index (χ4v) is 3.35. The Hall–Kier alpha value is -1.17. The van der Waals surface area contributed by atoms with Crippen LogP contribution in [-0.2, 0) is 6.54 Å². The van der Waals surface area contributed by atoms with E-state index >= 15 is 0 Å². The van der Waals surface area contributed by atoms with Gasteiger partial charge in [-0.05, 0) is 38.0 Å². The largest absolute Gasteiger partial charge is 0.355 e. The van der Waals surface area contributed by atoms with Gasteiger partial charge in [0, 0.05) is 31.1 Å². The van der Waals surface area contributed by atoms with Gasteiger partial charge >= 0.3 is 0 Å². The Morgan fingerprint density at radius 1 is 1.55 bits per heavy atom. The number of aromatic nitrogens is 2. The van der Waals surface area contributed by atoms with Crippen molar-refractivity contribution in [2.75, 3.05) is 19.8 Å². The van der Waals surface area contributed by atoms with Gasteiger partial charge in [0.1, 0.15) is 0 Å². The summed E-state index contributed by atoms with van der Waals surface area (Å²) in [5.74, 6) is 0.903. The van der Waals surface area contributed by atoms with Crippen molar-refractivity contribution in [2.45, 2.75) is 44.0 Å². The Labute approximate surface area is 125 Å². The van der Waals surface area contributed by atoms with Gasteiger partial charge in [0.05, 0.1) is 12.7 Å².